The van der Waals surface area contributed by atoms with Gasteiger partial charge in [-0.05, 0) is 50.1 Å². The minimum Gasteiger partial charge on any atom is -0.368 e. The van der Waals surface area contributed by atoms with Crippen molar-refractivity contribution in [1.82, 2.24) is 9.88 Å². The molecule has 0 amide bonds. The van der Waals surface area contributed by atoms with E-state index in [1.807, 2.05) is 24.3 Å². The molecule has 37 heavy (non-hydrogen) atoms. The van der Waals surface area contributed by atoms with Gasteiger partial charge in [0.1, 0.15) is 0 Å². The lowest BCUT2D eigenvalue weighted by Gasteiger charge is -2.43. The summed E-state index contributed by atoms with van der Waals surface area (Å²) in [6.45, 7) is 13.1. The number of Topliss-reactive ketones (excluding diaryl/α,β-unsaturated/α-hetero) is 1. The summed E-state index contributed by atoms with van der Waals surface area (Å²) >= 11 is 0. The van der Waals surface area contributed by atoms with Crippen LogP contribution in [0.2, 0.25) is 0 Å². The minimum atomic E-state index is -0.450. The second-order valence-corrected chi connectivity index (χ2v) is 11.2. The van der Waals surface area contributed by atoms with Crippen molar-refractivity contribution in [3.63, 3.8) is 0 Å². The predicted octanol–water partition coefficient (Wildman–Crippen LogP) is 4.82. The molecule has 0 saturated carbocycles. The third-order valence-corrected chi connectivity index (χ3v) is 8.15. The molecule has 190 valence electrons. The maximum absolute atomic E-state index is 13.9. The van der Waals surface area contributed by atoms with Gasteiger partial charge < -0.3 is 9.88 Å². The average Bonchev–Trinajstić information content (AvgIpc) is 3.27. The van der Waals surface area contributed by atoms with E-state index in [2.05, 4.69) is 59.5 Å². The number of nitrogens with zero attached hydrogens (tertiary/aromatic N) is 3. The fraction of sp³-hybridized carbons (Fsp3) is 0.387. The largest absolute Gasteiger partial charge is 0.368 e. The zero-order chi connectivity index (χ0) is 26.7. The summed E-state index contributed by atoms with van der Waals surface area (Å²) in [6, 6.07) is 9.89. The third-order valence-electron chi connectivity index (χ3n) is 8.15. The maximum atomic E-state index is 13.9. The van der Waals surface area contributed by atoms with E-state index < -0.39 is 5.41 Å². The first-order valence-corrected chi connectivity index (χ1v) is 12.8. The number of hydrogen-bond donors (Lipinski definition) is 1. The van der Waals surface area contributed by atoms with E-state index in [0.29, 0.717) is 16.7 Å². The van der Waals surface area contributed by atoms with Crippen molar-refractivity contribution in [3.05, 3.63) is 63.8 Å². The van der Waals surface area contributed by atoms with Crippen LogP contribution in [0, 0.1) is 12.3 Å². The molecule has 6 heteroatoms. The molecular weight excluding hydrogens is 460 g/mol. The normalized spacial score (nSPS) is 17.6. The number of benzene rings is 2. The van der Waals surface area contributed by atoms with Gasteiger partial charge in [0.25, 0.3) is 0 Å². The van der Waals surface area contributed by atoms with Gasteiger partial charge in [-0.1, -0.05) is 31.9 Å². The number of nitrogens with one attached hydrogen (secondary N) is 1. The number of H-pyrrole nitrogens is 1. The van der Waals surface area contributed by atoms with E-state index >= 15 is 0 Å². The molecule has 0 radical (unpaired) electrons. The van der Waals surface area contributed by atoms with Crippen molar-refractivity contribution >= 4 is 34.4 Å². The van der Waals surface area contributed by atoms with Crippen LogP contribution in [-0.2, 0) is 5.41 Å². The Bertz CT molecular complexity index is 1510. The van der Waals surface area contributed by atoms with Crippen molar-refractivity contribution in [3.8, 4) is 12.3 Å². The summed E-state index contributed by atoms with van der Waals surface area (Å²) in [7, 11) is 1.74. The second-order valence-electron chi connectivity index (χ2n) is 11.2. The maximum Gasteiger partial charge on any atom is 0.195 e. The van der Waals surface area contributed by atoms with Crippen molar-refractivity contribution in [2.45, 2.75) is 45.6 Å². The van der Waals surface area contributed by atoms with Gasteiger partial charge in [0.05, 0.1) is 11.1 Å². The Balaban J connectivity index is 1.61. The first kappa shape index (κ1) is 25.0. The Morgan fingerprint density at radius 3 is 2.49 bits per heavy atom. The van der Waals surface area contributed by atoms with E-state index in [4.69, 9.17) is 6.42 Å². The number of terminal acetylenes is 1. The summed E-state index contributed by atoms with van der Waals surface area (Å²) < 4.78 is 0. The van der Waals surface area contributed by atoms with E-state index in [1.165, 1.54) is 0 Å². The van der Waals surface area contributed by atoms with Crippen LogP contribution in [-0.4, -0.2) is 66.4 Å². The van der Waals surface area contributed by atoms with Gasteiger partial charge >= 0.3 is 0 Å². The Morgan fingerprint density at radius 1 is 1.16 bits per heavy atom. The third kappa shape index (κ3) is 3.89. The number of fused-ring (bicyclic) bond motifs is 4. The molecule has 0 spiro atoms. The molecular formula is C31H34N4O2. The number of hydrogen-bond acceptors (Lipinski definition) is 5. The van der Waals surface area contributed by atoms with E-state index in [-0.39, 0.29) is 17.1 Å². The lowest BCUT2D eigenvalue weighted by molar-refractivity contribution is 0.101. The Morgan fingerprint density at radius 2 is 1.86 bits per heavy atom. The van der Waals surface area contributed by atoms with Gasteiger partial charge in [-0.25, -0.2) is 0 Å². The smallest absolute Gasteiger partial charge is 0.195 e. The van der Waals surface area contributed by atoms with Crippen LogP contribution in [0.1, 0.15) is 77.7 Å². The summed E-state index contributed by atoms with van der Waals surface area (Å²) in [5, 5.41) is 0.896. The molecule has 1 aromatic heterocycles. The molecule has 0 unspecified atom stereocenters. The van der Waals surface area contributed by atoms with Crippen LogP contribution >= 0.6 is 0 Å². The zero-order valence-electron chi connectivity index (χ0n) is 22.5. The number of piperazine rings is 1. The molecule has 1 N–H and O–H groups in total. The summed E-state index contributed by atoms with van der Waals surface area (Å²) in [5.74, 6) is 2.81. The number of rotatable bonds is 4. The molecule has 2 aromatic carbocycles. The molecule has 0 atom stereocenters. The van der Waals surface area contributed by atoms with Crippen molar-refractivity contribution < 1.29 is 9.59 Å². The highest BCUT2D eigenvalue weighted by molar-refractivity contribution is 6.21. The highest BCUT2D eigenvalue weighted by Crippen LogP contribution is 2.45. The number of ketones is 2. The average molecular weight is 495 g/mol. The fourth-order valence-electron chi connectivity index (χ4n) is 5.85. The van der Waals surface area contributed by atoms with Crippen LogP contribution in [0.15, 0.2) is 35.3 Å². The SMILES string of the molecule is C#CC(C)(C)N1CCN(c2cc3c(cc2C(C)=O)C(=O)c2c([nH]c4cc(C=NC)ccc24)C3(C)C)CC1. The monoisotopic (exact) mass is 494 g/mol. The lowest BCUT2D eigenvalue weighted by Crippen LogP contribution is -2.54. The first-order valence-electron chi connectivity index (χ1n) is 12.8. The second kappa shape index (κ2) is 8.71. The molecule has 1 aliphatic heterocycles. The summed E-state index contributed by atoms with van der Waals surface area (Å²) in [6.07, 6.45) is 7.57. The molecule has 5 rings (SSSR count). The van der Waals surface area contributed by atoms with E-state index in [0.717, 1.165) is 59.6 Å². The van der Waals surface area contributed by atoms with Crippen LogP contribution in [0.25, 0.3) is 10.9 Å². The van der Waals surface area contributed by atoms with Crippen LogP contribution < -0.4 is 4.90 Å². The van der Waals surface area contributed by atoms with Crippen molar-refractivity contribution in [1.29, 1.82) is 0 Å². The number of aliphatic imine (C=N–C) groups is 1. The zero-order valence-corrected chi connectivity index (χ0v) is 22.5. The van der Waals surface area contributed by atoms with Crippen molar-refractivity contribution in [2.75, 3.05) is 38.1 Å². The number of carbonyl (C=O) groups is 2. The molecule has 6 nitrogen and oxygen atoms in total. The first-order chi connectivity index (χ1) is 17.5. The molecule has 2 aliphatic rings. The number of anilines is 1. The topological polar surface area (TPSA) is 68.8 Å². The Kier molecular flexibility index (Phi) is 5.88. The molecule has 3 aromatic rings. The lowest BCUT2D eigenvalue weighted by atomic mass is 9.70. The van der Waals surface area contributed by atoms with Crippen LogP contribution in [0.3, 0.4) is 0 Å². The fourth-order valence-corrected chi connectivity index (χ4v) is 5.85. The van der Waals surface area contributed by atoms with Crippen molar-refractivity contribution in [2.24, 2.45) is 4.99 Å². The minimum absolute atomic E-state index is 0.0389. The van der Waals surface area contributed by atoms with Gasteiger partial charge in [-0.15, -0.1) is 6.42 Å². The van der Waals surface area contributed by atoms with Crippen LogP contribution in [0.4, 0.5) is 5.69 Å². The number of carbonyl (C=O) groups excluding carboxylic acids is 2. The summed E-state index contributed by atoms with van der Waals surface area (Å²) in [5.41, 5.74) is 5.77. The number of aromatic nitrogens is 1. The molecule has 2 heterocycles. The highest BCUT2D eigenvalue weighted by Gasteiger charge is 2.41. The Labute approximate surface area is 218 Å². The molecule has 1 saturated heterocycles. The molecule has 1 fully saturated rings. The van der Waals surface area contributed by atoms with Gasteiger partial charge in [0, 0.05) is 78.3 Å². The summed E-state index contributed by atoms with van der Waals surface area (Å²) in [4.78, 5) is 39.0. The highest BCUT2D eigenvalue weighted by atomic mass is 16.1. The van der Waals surface area contributed by atoms with Gasteiger partial charge in [-0.2, -0.15) is 0 Å². The Hall–Kier alpha value is -3.69. The van der Waals surface area contributed by atoms with Crippen LogP contribution in [0.5, 0.6) is 0 Å². The van der Waals surface area contributed by atoms with E-state index in [1.54, 1.807) is 20.2 Å². The van der Waals surface area contributed by atoms with E-state index in [9.17, 15) is 9.59 Å². The standard InChI is InChI=1S/C31H34N4O2/c1-8-30(3,4)35-13-11-34(12-14-35)26-17-24-23(16-22(26)19(2)36)28(37)27-21-10-9-20(18-32-7)15-25(21)33-29(27)31(24,5)6/h1,9-10,15-18,33H,11-14H2,2-7H3. The van der Waals surface area contributed by atoms with Gasteiger partial charge in [0.15, 0.2) is 11.6 Å². The molecule has 1 aliphatic carbocycles. The van der Waals surface area contributed by atoms with Gasteiger partial charge in [0.2, 0.25) is 0 Å². The quantitative estimate of drug-likeness (QED) is 0.321. The van der Waals surface area contributed by atoms with Gasteiger partial charge in [-0.3, -0.25) is 19.5 Å². The molecule has 0 bridgehead atoms. The number of aromatic amines is 1. The predicted molar refractivity (Wildman–Crippen MR) is 151 cm³/mol.